The van der Waals surface area contributed by atoms with Crippen LogP contribution in [0.15, 0.2) is 47.7 Å². The van der Waals surface area contributed by atoms with Crippen molar-refractivity contribution in [3.05, 3.63) is 64.6 Å². The highest BCUT2D eigenvalue weighted by molar-refractivity contribution is 5.79. The van der Waals surface area contributed by atoms with E-state index in [9.17, 15) is 14.0 Å². The SMILES string of the molecule is O=C(Cn1cnc2ccc(F)cc2c1=O)NCc1ccc(OCC2CC2)nc1. The first kappa shape index (κ1) is 18.1. The van der Waals surface area contributed by atoms with Crippen molar-refractivity contribution < 1.29 is 13.9 Å². The quantitative estimate of drug-likeness (QED) is 0.676. The maximum absolute atomic E-state index is 13.4. The van der Waals surface area contributed by atoms with Gasteiger partial charge >= 0.3 is 0 Å². The fourth-order valence-electron chi connectivity index (χ4n) is 2.74. The fourth-order valence-corrected chi connectivity index (χ4v) is 2.74. The minimum absolute atomic E-state index is 0.140. The third-order valence-electron chi connectivity index (χ3n) is 4.55. The molecule has 1 aliphatic rings. The third-order valence-corrected chi connectivity index (χ3v) is 4.55. The van der Waals surface area contributed by atoms with Crippen LogP contribution in [0, 0.1) is 11.7 Å². The lowest BCUT2D eigenvalue weighted by atomic mass is 10.2. The van der Waals surface area contributed by atoms with E-state index in [2.05, 4.69) is 15.3 Å². The van der Waals surface area contributed by atoms with Crippen LogP contribution in [0.5, 0.6) is 5.88 Å². The van der Waals surface area contributed by atoms with Gasteiger partial charge in [-0.25, -0.2) is 14.4 Å². The summed E-state index contributed by atoms with van der Waals surface area (Å²) < 4.78 is 20.1. The number of halogens is 1. The molecule has 0 bridgehead atoms. The van der Waals surface area contributed by atoms with Crippen LogP contribution < -0.4 is 15.6 Å². The van der Waals surface area contributed by atoms with Gasteiger partial charge in [0.05, 0.1) is 23.8 Å². The van der Waals surface area contributed by atoms with E-state index in [4.69, 9.17) is 4.74 Å². The Balaban J connectivity index is 1.34. The molecule has 1 fully saturated rings. The van der Waals surface area contributed by atoms with Crippen LogP contribution in [-0.4, -0.2) is 27.0 Å². The van der Waals surface area contributed by atoms with Gasteiger partial charge in [0.15, 0.2) is 0 Å². The zero-order valence-corrected chi connectivity index (χ0v) is 15.1. The zero-order valence-electron chi connectivity index (χ0n) is 15.1. The summed E-state index contributed by atoms with van der Waals surface area (Å²) in [5.41, 5.74) is 0.745. The van der Waals surface area contributed by atoms with Crippen LogP contribution in [0.3, 0.4) is 0 Å². The van der Waals surface area contributed by atoms with E-state index in [0.717, 1.165) is 16.2 Å². The van der Waals surface area contributed by atoms with Crippen LogP contribution >= 0.6 is 0 Å². The molecule has 8 heteroatoms. The van der Waals surface area contributed by atoms with Gasteiger partial charge in [0.2, 0.25) is 11.8 Å². The molecule has 144 valence electrons. The van der Waals surface area contributed by atoms with Gasteiger partial charge in [-0.05, 0) is 42.5 Å². The summed E-state index contributed by atoms with van der Waals surface area (Å²) >= 11 is 0. The number of nitrogens with zero attached hydrogens (tertiary/aromatic N) is 3. The van der Waals surface area contributed by atoms with Crippen molar-refractivity contribution >= 4 is 16.8 Å². The Labute approximate surface area is 160 Å². The number of carbonyl (C=O) groups excluding carboxylic acids is 1. The smallest absolute Gasteiger partial charge is 0.261 e. The molecule has 1 saturated carbocycles. The van der Waals surface area contributed by atoms with Crippen LogP contribution in [0.1, 0.15) is 18.4 Å². The van der Waals surface area contributed by atoms with Crippen LogP contribution in [0.2, 0.25) is 0 Å². The van der Waals surface area contributed by atoms with E-state index < -0.39 is 11.4 Å². The molecule has 0 atom stereocenters. The van der Waals surface area contributed by atoms with Gasteiger partial charge in [-0.15, -0.1) is 0 Å². The summed E-state index contributed by atoms with van der Waals surface area (Å²) in [6.07, 6.45) is 5.37. The number of rotatable bonds is 7. The minimum atomic E-state index is -0.523. The van der Waals surface area contributed by atoms with E-state index in [1.165, 1.54) is 31.3 Å². The van der Waals surface area contributed by atoms with E-state index in [-0.39, 0.29) is 24.4 Å². The minimum Gasteiger partial charge on any atom is -0.477 e. The zero-order chi connectivity index (χ0) is 19.5. The van der Waals surface area contributed by atoms with E-state index in [1.54, 1.807) is 12.3 Å². The lowest BCUT2D eigenvalue weighted by Crippen LogP contribution is -2.32. The lowest BCUT2D eigenvalue weighted by molar-refractivity contribution is -0.121. The predicted molar refractivity (Wildman–Crippen MR) is 100 cm³/mol. The normalized spacial score (nSPS) is 13.5. The Morgan fingerprint density at radius 3 is 2.86 bits per heavy atom. The number of benzene rings is 1. The van der Waals surface area contributed by atoms with Crippen molar-refractivity contribution in [2.24, 2.45) is 5.92 Å². The molecule has 0 radical (unpaired) electrons. The monoisotopic (exact) mass is 382 g/mol. The first-order chi connectivity index (χ1) is 13.6. The molecular formula is C20H19FN4O3. The van der Waals surface area contributed by atoms with Crippen molar-refractivity contribution in [3.8, 4) is 5.88 Å². The standard InChI is InChI=1S/C20H19FN4O3/c21-15-4-5-17-16(7-15)20(27)25(12-24-17)10-18(26)22-8-14-3-6-19(23-9-14)28-11-13-1-2-13/h3-7,9,12-13H,1-2,8,10-11H2,(H,22,26). The van der Waals surface area contributed by atoms with E-state index >= 15 is 0 Å². The molecule has 2 aromatic heterocycles. The number of ether oxygens (including phenoxy) is 1. The molecule has 7 nitrogen and oxygen atoms in total. The Morgan fingerprint density at radius 1 is 1.25 bits per heavy atom. The molecule has 4 rings (SSSR count). The largest absolute Gasteiger partial charge is 0.477 e. The van der Waals surface area contributed by atoms with Gasteiger partial charge < -0.3 is 10.1 Å². The number of nitrogens with one attached hydrogen (secondary N) is 1. The second-order valence-corrected chi connectivity index (χ2v) is 6.87. The van der Waals surface area contributed by atoms with E-state index in [1.807, 2.05) is 6.07 Å². The molecule has 0 saturated heterocycles. The molecule has 0 unspecified atom stereocenters. The fraction of sp³-hybridized carbons (Fsp3) is 0.300. The van der Waals surface area contributed by atoms with Gasteiger partial charge in [-0.3, -0.25) is 14.2 Å². The second kappa shape index (κ2) is 7.75. The van der Waals surface area contributed by atoms with E-state index in [0.29, 0.717) is 23.9 Å². The van der Waals surface area contributed by atoms with Gasteiger partial charge in [-0.1, -0.05) is 6.07 Å². The highest BCUT2D eigenvalue weighted by Gasteiger charge is 2.22. The lowest BCUT2D eigenvalue weighted by Gasteiger charge is -2.09. The highest BCUT2D eigenvalue weighted by Crippen LogP contribution is 2.29. The summed E-state index contributed by atoms with van der Waals surface area (Å²) in [7, 11) is 0. The van der Waals surface area contributed by atoms with Crippen LogP contribution in [-0.2, 0) is 17.9 Å². The van der Waals surface area contributed by atoms with Crippen molar-refractivity contribution in [1.82, 2.24) is 19.9 Å². The number of amides is 1. The van der Waals surface area contributed by atoms with Gasteiger partial charge in [0.25, 0.3) is 5.56 Å². The molecule has 1 N–H and O–H groups in total. The molecule has 1 aromatic carbocycles. The number of pyridine rings is 1. The van der Waals surface area contributed by atoms with Crippen molar-refractivity contribution in [2.45, 2.75) is 25.9 Å². The first-order valence-corrected chi connectivity index (χ1v) is 9.07. The summed E-state index contributed by atoms with van der Waals surface area (Å²) in [5, 5.41) is 2.87. The number of hydrogen-bond donors (Lipinski definition) is 1. The third kappa shape index (κ3) is 4.33. The maximum Gasteiger partial charge on any atom is 0.261 e. The van der Waals surface area contributed by atoms with Gasteiger partial charge in [-0.2, -0.15) is 0 Å². The molecule has 0 spiro atoms. The topological polar surface area (TPSA) is 86.1 Å². The Hall–Kier alpha value is -3.29. The first-order valence-electron chi connectivity index (χ1n) is 9.07. The van der Waals surface area contributed by atoms with Crippen LogP contribution in [0.4, 0.5) is 4.39 Å². The molecule has 28 heavy (non-hydrogen) atoms. The summed E-state index contributed by atoms with van der Waals surface area (Å²) in [4.78, 5) is 32.9. The maximum atomic E-state index is 13.4. The average Bonchev–Trinajstić information content (AvgIpc) is 3.53. The van der Waals surface area contributed by atoms with Gasteiger partial charge in [0, 0.05) is 18.8 Å². The van der Waals surface area contributed by atoms with Crippen molar-refractivity contribution in [3.63, 3.8) is 0 Å². The highest BCUT2D eigenvalue weighted by atomic mass is 19.1. The molecule has 1 aliphatic carbocycles. The number of aromatic nitrogens is 3. The Morgan fingerprint density at radius 2 is 2.11 bits per heavy atom. The summed E-state index contributed by atoms with van der Waals surface area (Å²) in [5.74, 6) is 0.354. The van der Waals surface area contributed by atoms with Crippen molar-refractivity contribution in [2.75, 3.05) is 6.61 Å². The molecule has 1 amide bonds. The molecule has 0 aliphatic heterocycles. The predicted octanol–water partition coefficient (Wildman–Crippen LogP) is 2.04. The average molecular weight is 382 g/mol. The van der Waals surface area contributed by atoms with Gasteiger partial charge in [0.1, 0.15) is 12.4 Å². The second-order valence-electron chi connectivity index (χ2n) is 6.87. The summed E-state index contributed by atoms with van der Waals surface area (Å²) in [6.45, 7) is 0.773. The Bertz CT molecular complexity index is 1060. The Kier molecular flexibility index (Phi) is 5.01. The molecule has 2 heterocycles. The van der Waals surface area contributed by atoms with Crippen LogP contribution in [0.25, 0.3) is 10.9 Å². The number of fused-ring (bicyclic) bond motifs is 1. The van der Waals surface area contributed by atoms with Crippen molar-refractivity contribution in [1.29, 1.82) is 0 Å². The number of hydrogen-bond acceptors (Lipinski definition) is 5. The molecular weight excluding hydrogens is 363 g/mol. The molecule has 3 aromatic rings. The summed E-state index contributed by atoms with van der Waals surface area (Å²) in [6, 6.07) is 7.40. The number of carbonyl (C=O) groups is 1.